The van der Waals surface area contributed by atoms with Crippen LogP contribution in [0.25, 0.3) is 0 Å². The lowest BCUT2D eigenvalue weighted by Gasteiger charge is -2.30. The molecule has 0 amide bonds. The third-order valence-electron chi connectivity index (χ3n) is 4.82. The first-order valence-corrected chi connectivity index (χ1v) is 7.80. The molecule has 0 saturated carbocycles. The van der Waals surface area contributed by atoms with E-state index in [1.807, 2.05) is 30.3 Å². The summed E-state index contributed by atoms with van der Waals surface area (Å²) in [7, 11) is 4.30. The van der Waals surface area contributed by atoms with Crippen LogP contribution < -0.4 is 5.73 Å². The summed E-state index contributed by atoms with van der Waals surface area (Å²) in [6.45, 7) is 5.42. The first-order valence-electron chi connectivity index (χ1n) is 7.80. The maximum Gasteiger partial charge on any atom is 0.0656 e. The topological polar surface area (TPSA) is 52.7 Å². The number of aliphatic hydroxyl groups excluding tert-OH is 1. The van der Waals surface area contributed by atoms with E-state index in [-0.39, 0.29) is 6.61 Å². The van der Waals surface area contributed by atoms with Gasteiger partial charge in [-0.2, -0.15) is 0 Å². The Labute approximate surface area is 128 Å². The Hall–Kier alpha value is -0.940. The Morgan fingerprint density at radius 1 is 1.29 bits per heavy atom. The second kappa shape index (κ2) is 6.88. The van der Waals surface area contributed by atoms with Gasteiger partial charge in [0.25, 0.3) is 0 Å². The predicted octanol–water partition coefficient (Wildman–Crippen LogP) is 1.10. The van der Waals surface area contributed by atoms with Crippen molar-refractivity contribution in [3.8, 4) is 0 Å². The summed E-state index contributed by atoms with van der Waals surface area (Å²) >= 11 is 0. The van der Waals surface area contributed by atoms with Crippen molar-refractivity contribution in [2.75, 3.05) is 40.3 Å². The van der Waals surface area contributed by atoms with E-state index < -0.39 is 5.54 Å². The highest BCUT2D eigenvalue weighted by molar-refractivity contribution is 5.24. The van der Waals surface area contributed by atoms with Crippen LogP contribution in [-0.4, -0.2) is 61.3 Å². The van der Waals surface area contributed by atoms with Crippen LogP contribution in [0.1, 0.15) is 18.9 Å². The van der Waals surface area contributed by atoms with Crippen LogP contribution in [-0.2, 0) is 5.54 Å². The molecule has 3 unspecified atom stereocenters. The summed E-state index contributed by atoms with van der Waals surface area (Å²) in [6.07, 6.45) is 0.778. The largest absolute Gasteiger partial charge is 0.394 e. The van der Waals surface area contributed by atoms with Crippen molar-refractivity contribution in [1.29, 1.82) is 0 Å². The summed E-state index contributed by atoms with van der Waals surface area (Å²) < 4.78 is 0. The molecule has 3 N–H and O–H groups in total. The molecule has 1 aromatic rings. The molecule has 21 heavy (non-hydrogen) atoms. The maximum absolute atomic E-state index is 9.75. The van der Waals surface area contributed by atoms with Crippen LogP contribution in [0, 0.1) is 5.92 Å². The van der Waals surface area contributed by atoms with Crippen LogP contribution in [0.3, 0.4) is 0 Å². The van der Waals surface area contributed by atoms with E-state index in [0.29, 0.717) is 12.0 Å². The van der Waals surface area contributed by atoms with Gasteiger partial charge in [0.2, 0.25) is 0 Å². The first-order chi connectivity index (χ1) is 9.96. The lowest BCUT2D eigenvalue weighted by molar-refractivity contribution is 0.167. The summed E-state index contributed by atoms with van der Waals surface area (Å²) in [6, 6.07) is 10.6. The minimum Gasteiger partial charge on any atom is -0.394 e. The number of aliphatic hydroxyl groups is 1. The molecular formula is C17H29N3O. The standard InChI is InChI=1S/C17H29N3O/c1-14-11-20(12-16(14)19(2)3)10-9-17(18,13-21)15-7-5-4-6-8-15/h4-8,14,16,21H,9-13,18H2,1-3H3. The molecule has 2 rings (SSSR count). The Bertz CT molecular complexity index is 437. The number of nitrogens with two attached hydrogens (primary N) is 1. The van der Waals surface area contributed by atoms with Crippen LogP contribution in [0.4, 0.5) is 0 Å². The lowest BCUT2D eigenvalue weighted by Crippen LogP contribution is -2.43. The second-order valence-corrected chi connectivity index (χ2v) is 6.70. The summed E-state index contributed by atoms with van der Waals surface area (Å²) in [5.74, 6) is 0.679. The summed E-state index contributed by atoms with van der Waals surface area (Å²) in [5, 5.41) is 9.75. The molecule has 0 bridgehead atoms. The Balaban J connectivity index is 1.95. The van der Waals surface area contributed by atoms with E-state index in [1.54, 1.807) is 0 Å². The van der Waals surface area contributed by atoms with Gasteiger partial charge in [-0.3, -0.25) is 0 Å². The molecule has 1 aromatic carbocycles. The third-order valence-corrected chi connectivity index (χ3v) is 4.82. The average molecular weight is 291 g/mol. The summed E-state index contributed by atoms with van der Waals surface area (Å²) in [4.78, 5) is 4.78. The fourth-order valence-electron chi connectivity index (χ4n) is 3.35. The lowest BCUT2D eigenvalue weighted by atomic mass is 9.88. The van der Waals surface area contributed by atoms with Gasteiger partial charge in [-0.1, -0.05) is 37.3 Å². The van der Waals surface area contributed by atoms with E-state index in [0.717, 1.165) is 31.6 Å². The van der Waals surface area contributed by atoms with Gasteiger partial charge in [0.15, 0.2) is 0 Å². The average Bonchev–Trinajstić information content (AvgIpc) is 2.87. The summed E-state index contributed by atoms with van der Waals surface area (Å²) in [5.41, 5.74) is 6.82. The fraction of sp³-hybridized carbons (Fsp3) is 0.647. The molecule has 1 aliphatic heterocycles. The molecule has 1 fully saturated rings. The minimum absolute atomic E-state index is 0.0164. The zero-order chi connectivity index (χ0) is 15.5. The number of benzene rings is 1. The van der Waals surface area contributed by atoms with E-state index in [9.17, 15) is 5.11 Å². The van der Waals surface area contributed by atoms with Crippen molar-refractivity contribution in [1.82, 2.24) is 9.80 Å². The number of likely N-dealkylation sites (tertiary alicyclic amines) is 1. The smallest absolute Gasteiger partial charge is 0.0656 e. The molecule has 3 atom stereocenters. The van der Waals surface area contributed by atoms with E-state index in [1.165, 1.54) is 0 Å². The molecule has 1 aliphatic rings. The number of nitrogens with zero attached hydrogens (tertiary/aromatic N) is 2. The molecule has 4 heteroatoms. The van der Waals surface area contributed by atoms with Gasteiger partial charge < -0.3 is 20.6 Å². The molecule has 0 aliphatic carbocycles. The van der Waals surface area contributed by atoms with Crippen LogP contribution in [0.2, 0.25) is 0 Å². The van der Waals surface area contributed by atoms with E-state index in [2.05, 4.69) is 30.8 Å². The molecule has 1 heterocycles. The van der Waals surface area contributed by atoms with Gasteiger partial charge >= 0.3 is 0 Å². The van der Waals surface area contributed by atoms with Crippen LogP contribution in [0.15, 0.2) is 30.3 Å². The Kier molecular flexibility index (Phi) is 5.38. The van der Waals surface area contributed by atoms with Crippen LogP contribution in [0.5, 0.6) is 0 Å². The van der Waals surface area contributed by atoms with Gasteiger partial charge in [0, 0.05) is 25.7 Å². The number of rotatable bonds is 6. The molecular weight excluding hydrogens is 262 g/mol. The van der Waals surface area contributed by atoms with Crippen molar-refractivity contribution in [2.45, 2.75) is 24.9 Å². The Morgan fingerprint density at radius 3 is 2.48 bits per heavy atom. The van der Waals surface area contributed by atoms with Crippen molar-refractivity contribution in [3.05, 3.63) is 35.9 Å². The Morgan fingerprint density at radius 2 is 1.95 bits per heavy atom. The molecule has 1 saturated heterocycles. The molecule has 0 aromatic heterocycles. The van der Waals surface area contributed by atoms with Gasteiger partial charge in [-0.15, -0.1) is 0 Å². The number of hydrogen-bond acceptors (Lipinski definition) is 4. The van der Waals surface area contributed by atoms with Crippen molar-refractivity contribution < 1.29 is 5.11 Å². The zero-order valence-corrected chi connectivity index (χ0v) is 13.5. The normalized spacial score (nSPS) is 26.2. The molecule has 118 valence electrons. The predicted molar refractivity (Wildman–Crippen MR) is 87.1 cm³/mol. The zero-order valence-electron chi connectivity index (χ0n) is 13.5. The highest BCUT2D eigenvalue weighted by Crippen LogP contribution is 2.25. The second-order valence-electron chi connectivity index (χ2n) is 6.70. The monoisotopic (exact) mass is 291 g/mol. The third kappa shape index (κ3) is 3.83. The molecule has 4 nitrogen and oxygen atoms in total. The van der Waals surface area contributed by atoms with Crippen LogP contribution >= 0.6 is 0 Å². The van der Waals surface area contributed by atoms with Gasteiger partial charge in [0.05, 0.1) is 12.1 Å². The SMILES string of the molecule is CC1CN(CCC(N)(CO)c2ccccc2)CC1N(C)C. The first kappa shape index (κ1) is 16.4. The molecule has 0 radical (unpaired) electrons. The van der Waals surface area contributed by atoms with Gasteiger partial charge in [0.1, 0.15) is 0 Å². The van der Waals surface area contributed by atoms with Gasteiger partial charge in [-0.25, -0.2) is 0 Å². The van der Waals surface area contributed by atoms with E-state index >= 15 is 0 Å². The quantitative estimate of drug-likeness (QED) is 0.824. The van der Waals surface area contributed by atoms with Crippen molar-refractivity contribution in [3.63, 3.8) is 0 Å². The minimum atomic E-state index is -0.638. The van der Waals surface area contributed by atoms with Gasteiger partial charge in [-0.05, 0) is 32.0 Å². The molecule has 0 spiro atoms. The number of hydrogen-bond donors (Lipinski definition) is 2. The van der Waals surface area contributed by atoms with Crippen molar-refractivity contribution >= 4 is 0 Å². The highest BCUT2D eigenvalue weighted by Gasteiger charge is 2.33. The number of likely N-dealkylation sites (N-methyl/N-ethyl adjacent to an activating group) is 1. The highest BCUT2D eigenvalue weighted by atomic mass is 16.3. The van der Waals surface area contributed by atoms with Crippen molar-refractivity contribution in [2.24, 2.45) is 11.7 Å². The maximum atomic E-state index is 9.75. The fourth-order valence-corrected chi connectivity index (χ4v) is 3.35. The van der Waals surface area contributed by atoms with E-state index in [4.69, 9.17) is 5.73 Å².